The number of ether oxygens (including phenoxy) is 1. The predicted octanol–water partition coefficient (Wildman–Crippen LogP) is 5.04. The Hall–Kier alpha value is -2.14. The van der Waals surface area contributed by atoms with Crippen molar-refractivity contribution in [3.8, 4) is 5.75 Å². The molecule has 0 spiro atoms. The number of nitrogens with one attached hydrogen (secondary N) is 1. The van der Waals surface area contributed by atoms with Crippen LogP contribution in [0, 0.1) is 0 Å². The first-order chi connectivity index (χ1) is 13.8. The molecule has 1 unspecified atom stereocenters. The van der Waals surface area contributed by atoms with Gasteiger partial charge in [0.05, 0.1) is 0 Å². The fourth-order valence-corrected chi connectivity index (χ4v) is 4.58. The second kappa shape index (κ2) is 9.37. The number of hydrogen-bond donors (Lipinski definition) is 1. The van der Waals surface area contributed by atoms with Crippen LogP contribution in [0.1, 0.15) is 34.1 Å². The van der Waals surface area contributed by atoms with Gasteiger partial charge in [0.15, 0.2) is 0 Å². The second-order valence-electron chi connectivity index (χ2n) is 7.39. The number of thiophene rings is 1. The summed E-state index contributed by atoms with van der Waals surface area (Å²) in [6.45, 7) is 4.10. The van der Waals surface area contributed by atoms with Gasteiger partial charge in [-0.05, 0) is 60.3 Å². The zero-order valence-electron chi connectivity index (χ0n) is 16.4. The lowest BCUT2D eigenvalue weighted by atomic mass is 9.99. The molecule has 1 atom stereocenters. The van der Waals surface area contributed by atoms with Crippen molar-refractivity contribution in [3.63, 3.8) is 0 Å². The Labute approximate surface area is 172 Å². The molecule has 1 aliphatic heterocycles. The molecule has 1 aromatic heterocycles. The Balaban J connectivity index is 1.37. The maximum Gasteiger partial charge on any atom is 0.134 e. The highest BCUT2D eigenvalue weighted by molar-refractivity contribution is 7.10. The maximum atomic E-state index is 6.31. The van der Waals surface area contributed by atoms with Crippen molar-refractivity contribution >= 4 is 11.3 Å². The van der Waals surface area contributed by atoms with E-state index in [0.717, 1.165) is 44.8 Å². The minimum Gasteiger partial charge on any atom is -0.485 e. The molecular weight excluding hydrogens is 364 g/mol. The van der Waals surface area contributed by atoms with E-state index in [2.05, 4.69) is 76.3 Å². The molecule has 1 N–H and O–H groups in total. The van der Waals surface area contributed by atoms with E-state index in [1.165, 1.54) is 21.6 Å². The van der Waals surface area contributed by atoms with Gasteiger partial charge in [0.1, 0.15) is 11.9 Å². The number of fused-ring (bicyclic) bond motifs is 1. The molecule has 0 bridgehead atoms. The molecule has 0 amide bonds. The largest absolute Gasteiger partial charge is 0.485 e. The SMILES string of the molecule is CNCCC(Oc1ccc(CN2CCc3ccccc3C2)cc1)c1cccs1. The molecule has 0 radical (unpaired) electrons. The first-order valence-corrected chi connectivity index (χ1v) is 10.9. The van der Waals surface area contributed by atoms with Gasteiger partial charge < -0.3 is 10.1 Å². The van der Waals surface area contributed by atoms with Crippen LogP contribution in [0.3, 0.4) is 0 Å². The quantitative estimate of drug-likeness (QED) is 0.581. The van der Waals surface area contributed by atoms with Crippen molar-refractivity contribution in [1.82, 2.24) is 10.2 Å². The first-order valence-electron chi connectivity index (χ1n) is 10.0. The van der Waals surface area contributed by atoms with Crippen LogP contribution >= 0.6 is 11.3 Å². The fraction of sp³-hybridized carbons (Fsp3) is 0.333. The third kappa shape index (κ3) is 4.82. The third-order valence-electron chi connectivity index (χ3n) is 5.33. The Morgan fingerprint density at radius 1 is 1.04 bits per heavy atom. The van der Waals surface area contributed by atoms with Gasteiger partial charge in [-0.15, -0.1) is 11.3 Å². The van der Waals surface area contributed by atoms with Crippen LogP contribution in [0.4, 0.5) is 0 Å². The van der Waals surface area contributed by atoms with Crippen LogP contribution in [0.5, 0.6) is 5.75 Å². The van der Waals surface area contributed by atoms with Crippen LogP contribution in [-0.2, 0) is 19.5 Å². The van der Waals surface area contributed by atoms with E-state index in [0.29, 0.717) is 0 Å². The molecule has 2 heterocycles. The van der Waals surface area contributed by atoms with Crippen molar-refractivity contribution < 1.29 is 4.74 Å². The summed E-state index contributed by atoms with van der Waals surface area (Å²) in [5.41, 5.74) is 4.32. The fourth-order valence-electron chi connectivity index (χ4n) is 3.79. The third-order valence-corrected chi connectivity index (χ3v) is 6.30. The van der Waals surface area contributed by atoms with Gasteiger partial charge in [-0.3, -0.25) is 4.90 Å². The summed E-state index contributed by atoms with van der Waals surface area (Å²) >= 11 is 1.76. The summed E-state index contributed by atoms with van der Waals surface area (Å²) in [6.07, 6.45) is 2.22. The Kier molecular flexibility index (Phi) is 6.42. The van der Waals surface area contributed by atoms with Crippen molar-refractivity contribution in [2.45, 2.75) is 32.0 Å². The van der Waals surface area contributed by atoms with Gasteiger partial charge in [-0.1, -0.05) is 42.5 Å². The van der Waals surface area contributed by atoms with Crippen LogP contribution in [0.15, 0.2) is 66.0 Å². The maximum absolute atomic E-state index is 6.31. The van der Waals surface area contributed by atoms with Gasteiger partial charge in [0, 0.05) is 30.9 Å². The molecule has 2 aromatic carbocycles. The van der Waals surface area contributed by atoms with Crippen molar-refractivity contribution in [1.29, 1.82) is 0 Å². The van der Waals surface area contributed by atoms with Crippen LogP contribution in [0.25, 0.3) is 0 Å². The summed E-state index contributed by atoms with van der Waals surface area (Å²) in [5.74, 6) is 0.947. The monoisotopic (exact) mass is 392 g/mol. The number of rotatable bonds is 8. The Morgan fingerprint density at radius 2 is 1.86 bits per heavy atom. The van der Waals surface area contributed by atoms with Crippen molar-refractivity contribution in [2.75, 3.05) is 20.1 Å². The zero-order valence-corrected chi connectivity index (χ0v) is 17.3. The van der Waals surface area contributed by atoms with Crippen molar-refractivity contribution in [2.24, 2.45) is 0 Å². The van der Waals surface area contributed by atoms with E-state index in [1.807, 2.05) is 7.05 Å². The van der Waals surface area contributed by atoms with Crippen LogP contribution in [-0.4, -0.2) is 25.0 Å². The Bertz CT molecular complexity index is 861. The molecule has 0 saturated heterocycles. The lowest BCUT2D eigenvalue weighted by Gasteiger charge is -2.28. The standard InChI is InChI=1S/C24H28N2OS/c1-25-14-12-23(24-7-4-16-28-24)27-22-10-8-19(9-11-22)17-26-15-13-20-5-2-3-6-21(20)18-26/h2-11,16,23,25H,12-15,17-18H2,1H3. The molecule has 4 rings (SSSR count). The summed E-state index contributed by atoms with van der Waals surface area (Å²) in [5, 5.41) is 5.34. The van der Waals surface area contributed by atoms with Gasteiger partial charge >= 0.3 is 0 Å². The molecule has 0 aliphatic carbocycles. The number of benzene rings is 2. The zero-order chi connectivity index (χ0) is 19.2. The van der Waals surface area contributed by atoms with E-state index < -0.39 is 0 Å². The normalized spacial score (nSPS) is 15.2. The molecular formula is C24H28N2OS. The van der Waals surface area contributed by atoms with E-state index in [9.17, 15) is 0 Å². The first kappa shape index (κ1) is 19.2. The van der Waals surface area contributed by atoms with Gasteiger partial charge in [-0.25, -0.2) is 0 Å². The molecule has 1 aliphatic rings. The highest BCUT2D eigenvalue weighted by Gasteiger charge is 2.17. The van der Waals surface area contributed by atoms with Crippen LogP contribution in [0.2, 0.25) is 0 Å². The summed E-state index contributed by atoms with van der Waals surface area (Å²) in [6, 6.07) is 21.7. The average Bonchev–Trinajstić information content (AvgIpc) is 3.27. The highest BCUT2D eigenvalue weighted by Crippen LogP contribution is 2.28. The van der Waals surface area contributed by atoms with E-state index in [4.69, 9.17) is 4.74 Å². The topological polar surface area (TPSA) is 24.5 Å². The van der Waals surface area contributed by atoms with Gasteiger partial charge in [0.25, 0.3) is 0 Å². The second-order valence-corrected chi connectivity index (χ2v) is 8.37. The van der Waals surface area contributed by atoms with E-state index >= 15 is 0 Å². The molecule has 0 saturated carbocycles. The number of hydrogen-bond acceptors (Lipinski definition) is 4. The van der Waals surface area contributed by atoms with Crippen molar-refractivity contribution in [3.05, 3.63) is 87.6 Å². The Morgan fingerprint density at radius 3 is 2.61 bits per heavy atom. The summed E-state index contributed by atoms with van der Waals surface area (Å²) in [7, 11) is 1.99. The number of nitrogens with zero attached hydrogens (tertiary/aromatic N) is 1. The smallest absolute Gasteiger partial charge is 0.134 e. The highest BCUT2D eigenvalue weighted by atomic mass is 32.1. The molecule has 28 heavy (non-hydrogen) atoms. The average molecular weight is 393 g/mol. The van der Waals surface area contributed by atoms with E-state index in [-0.39, 0.29) is 6.10 Å². The summed E-state index contributed by atoms with van der Waals surface area (Å²) in [4.78, 5) is 3.81. The van der Waals surface area contributed by atoms with Gasteiger partial charge in [-0.2, -0.15) is 0 Å². The molecule has 3 nitrogen and oxygen atoms in total. The lowest BCUT2D eigenvalue weighted by molar-refractivity contribution is 0.198. The van der Waals surface area contributed by atoms with Crippen LogP contribution < -0.4 is 10.1 Å². The van der Waals surface area contributed by atoms with E-state index in [1.54, 1.807) is 11.3 Å². The lowest BCUT2D eigenvalue weighted by Crippen LogP contribution is -2.29. The summed E-state index contributed by atoms with van der Waals surface area (Å²) < 4.78 is 6.31. The minimum absolute atomic E-state index is 0.108. The molecule has 3 aromatic rings. The minimum atomic E-state index is 0.108. The predicted molar refractivity (Wildman–Crippen MR) is 117 cm³/mol. The molecule has 0 fully saturated rings. The molecule has 146 valence electrons. The van der Waals surface area contributed by atoms with Gasteiger partial charge in [0.2, 0.25) is 0 Å². The molecule has 4 heteroatoms.